The van der Waals surface area contributed by atoms with Crippen LogP contribution < -0.4 is 0 Å². The zero-order chi connectivity index (χ0) is 11.6. The standard InChI is InChI=1S/C10H13FO3S/c1-7-3-4-8(9(11)5-7)10(12)6-15(2,13)14/h3-5,10,12H,6H2,1-2H3. The summed E-state index contributed by atoms with van der Waals surface area (Å²) in [5, 5.41) is 9.51. The number of halogens is 1. The van der Waals surface area contributed by atoms with Gasteiger partial charge in [0.2, 0.25) is 0 Å². The van der Waals surface area contributed by atoms with Gasteiger partial charge in [0.1, 0.15) is 15.7 Å². The predicted octanol–water partition coefficient (Wildman–Crippen LogP) is 1.21. The van der Waals surface area contributed by atoms with Crippen LogP contribution >= 0.6 is 0 Å². The molecule has 0 saturated heterocycles. The molecular formula is C10H13FO3S. The van der Waals surface area contributed by atoms with Gasteiger partial charge >= 0.3 is 0 Å². The molecular weight excluding hydrogens is 219 g/mol. The Balaban J connectivity index is 2.97. The number of aliphatic hydroxyl groups excluding tert-OH is 1. The third-order valence-corrected chi connectivity index (χ3v) is 2.90. The molecule has 0 bridgehead atoms. The molecule has 0 aromatic heterocycles. The fourth-order valence-electron chi connectivity index (χ4n) is 1.28. The maximum Gasteiger partial charge on any atom is 0.150 e. The first-order chi connectivity index (χ1) is 6.79. The van der Waals surface area contributed by atoms with E-state index < -0.39 is 27.5 Å². The first-order valence-electron chi connectivity index (χ1n) is 4.41. The van der Waals surface area contributed by atoms with Crippen molar-refractivity contribution >= 4 is 9.84 Å². The first kappa shape index (κ1) is 12.1. The number of sulfone groups is 1. The van der Waals surface area contributed by atoms with E-state index in [4.69, 9.17) is 0 Å². The van der Waals surface area contributed by atoms with Crippen LogP contribution in [0.25, 0.3) is 0 Å². The topological polar surface area (TPSA) is 54.4 Å². The lowest BCUT2D eigenvalue weighted by atomic mass is 10.1. The summed E-state index contributed by atoms with van der Waals surface area (Å²) in [7, 11) is -3.32. The van der Waals surface area contributed by atoms with Crippen molar-refractivity contribution in [1.82, 2.24) is 0 Å². The van der Waals surface area contributed by atoms with Gasteiger partial charge in [0.05, 0.1) is 11.9 Å². The molecule has 0 heterocycles. The monoisotopic (exact) mass is 232 g/mol. The van der Waals surface area contributed by atoms with Gasteiger partial charge in [0.25, 0.3) is 0 Å². The Morgan fingerprint density at radius 3 is 2.53 bits per heavy atom. The number of hydrogen-bond donors (Lipinski definition) is 1. The lowest BCUT2D eigenvalue weighted by molar-refractivity contribution is 0.196. The highest BCUT2D eigenvalue weighted by atomic mass is 32.2. The van der Waals surface area contributed by atoms with Crippen molar-refractivity contribution in [3.63, 3.8) is 0 Å². The van der Waals surface area contributed by atoms with E-state index in [2.05, 4.69) is 0 Å². The minimum Gasteiger partial charge on any atom is -0.387 e. The molecule has 84 valence electrons. The largest absolute Gasteiger partial charge is 0.387 e. The van der Waals surface area contributed by atoms with Crippen molar-refractivity contribution in [3.05, 3.63) is 35.1 Å². The molecule has 0 spiro atoms. The molecule has 0 aliphatic rings. The Morgan fingerprint density at radius 1 is 1.47 bits per heavy atom. The van der Waals surface area contributed by atoms with Gasteiger partial charge in [-0.2, -0.15) is 0 Å². The van der Waals surface area contributed by atoms with Crippen molar-refractivity contribution in [3.8, 4) is 0 Å². The highest BCUT2D eigenvalue weighted by Crippen LogP contribution is 2.19. The second-order valence-electron chi connectivity index (χ2n) is 3.63. The molecule has 3 nitrogen and oxygen atoms in total. The van der Waals surface area contributed by atoms with Crippen molar-refractivity contribution < 1.29 is 17.9 Å². The van der Waals surface area contributed by atoms with Gasteiger partial charge in [-0.1, -0.05) is 12.1 Å². The summed E-state index contributed by atoms with van der Waals surface area (Å²) in [4.78, 5) is 0. The molecule has 1 aromatic rings. The molecule has 15 heavy (non-hydrogen) atoms. The van der Waals surface area contributed by atoms with Gasteiger partial charge in [-0.15, -0.1) is 0 Å². The zero-order valence-electron chi connectivity index (χ0n) is 8.57. The van der Waals surface area contributed by atoms with Crippen LogP contribution in [-0.4, -0.2) is 25.5 Å². The lowest BCUT2D eigenvalue weighted by Gasteiger charge is -2.10. The molecule has 0 aliphatic carbocycles. The van der Waals surface area contributed by atoms with Gasteiger partial charge in [0.15, 0.2) is 0 Å². The molecule has 1 aromatic carbocycles. The number of aryl methyl sites for hydroxylation is 1. The minimum absolute atomic E-state index is 0.0195. The van der Waals surface area contributed by atoms with E-state index >= 15 is 0 Å². The highest BCUT2D eigenvalue weighted by molar-refractivity contribution is 7.90. The third kappa shape index (κ3) is 3.60. The summed E-state index contributed by atoms with van der Waals surface area (Å²) < 4.78 is 35.1. The average Bonchev–Trinajstić information content (AvgIpc) is 1.99. The van der Waals surface area contributed by atoms with E-state index in [0.717, 1.165) is 11.8 Å². The molecule has 1 unspecified atom stereocenters. The maximum absolute atomic E-state index is 13.3. The molecule has 5 heteroatoms. The smallest absolute Gasteiger partial charge is 0.150 e. The number of aliphatic hydroxyl groups is 1. The average molecular weight is 232 g/mol. The van der Waals surface area contributed by atoms with Crippen LogP contribution in [0.2, 0.25) is 0 Å². The Kier molecular flexibility index (Phi) is 3.46. The normalized spacial score (nSPS) is 13.9. The molecule has 0 radical (unpaired) electrons. The number of rotatable bonds is 3. The van der Waals surface area contributed by atoms with Gasteiger partial charge in [-0.25, -0.2) is 12.8 Å². The molecule has 0 fully saturated rings. The summed E-state index contributed by atoms with van der Waals surface area (Å²) in [6.07, 6.45) is -0.303. The minimum atomic E-state index is -3.32. The van der Waals surface area contributed by atoms with Gasteiger partial charge in [-0.05, 0) is 18.6 Å². The first-order valence-corrected chi connectivity index (χ1v) is 6.47. The predicted molar refractivity (Wildman–Crippen MR) is 55.8 cm³/mol. The molecule has 1 N–H and O–H groups in total. The molecule has 0 saturated carbocycles. The second kappa shape index (κ2) is 4.28. The fourth-order valence-corrected chi connectivity index (χ4v) is 2.03. The summed E-state index contributed by atoms with van der Waals surface area (Å²) in [6.45, 7) is 1.72. The van der Waals surface area contributed by atoms with Crippen LogP contribution in [0.5, 0.6) is 0 Å². The van der Waals surface area contributed by atoms with E-state index in [-0.39, 0.29) is 5.56 Å². The summed E-state index contributed by atoms with van der Waals surface area (Å²) in [6, 6.07) is 4.30. The SMILES string of the molecule is Cc1ccc(C(O)CS(C)(=O)=O)c(F)c1. The van der Waals surface area contributed by atoms with E-state index in [1.165, 1.54) is 12.1 Å². The van der Waals surface area contributed by atoms with Crippen molar-refractivity contribution in [1.29, 1.82) is 0 Å². The molecule has 0 aliphatic heterocycles. The van der Waals surface area contributed by atoms with Crippen LogP contribution in [0.3, 0.4) is 0 Å². The maximum atomic E-state index is 13.3. The Labute approximate surface area is 88.5 Å². The van der Waals surface area contributed by atoms with Crippen molar-refractivity contribution in [2.75, 3.05) is 12.0 Å². The van der Waals surface area contributed by atoms with Gasteiger partial charge < -0.3 is 5.11 Å². The van der Waals surface area contributed by atoms with Crippen LogP contribution in [0.15, 0.2) is 18.2 Å². The van der Waals surface area contributed by atoms with Crippen molar-refractivity contribution in [2.45, 2.75) is 13.0 Å². The summed E-state index contributed by atoms with van der Waals surface area (Å²) in [5.41, 5.74) is 0.744. The Bertz CT molecular complexity index is 454. The summed E-state index contributed by atoms with van der Waals surface area (Å²) >= 11 is 0. The summed E-state index contributed by atoms with van der Waals surface area (Å²) in [5.74, 6) is -1.04. The van der Waals surface area contributed by atoms with Crippen LogP contribution in [-0.2, 0) is 9.84 Å². The van der Waals surface area contributed by atoms with Gasteiger partial charge in [-0.3, -0.25) is 0 Å². The molecule has 1 rings (SSSR count). The Morgan fingerprint density at radius 2 is 2.07 bits per heavy atom. The highest BCUT2D eigenvalue weighted by Gasteiger charge is 2.17. The van der Waals surface area contributed by atoms with Crippen molar-refractivity contribution in [2.24, 2.45) is 0 Å². The fraction of sp³-hybridized carbons (Fsp3) is 0.400. The van der Waals surface area contributed by atoms with Gasteiger partial charge in [0, 0.05) is 11.8 Å². The van der Waals surface area contributed by atoms with E-state index in [1.54, 1.807) is 13.0 Å². The third-order valence-electron chi connectivity index (χ3n) is 1.98. The van der Waals surface area contributed by atoms with Crippen LogP contribution in [0.4, 0.5) is 4.39 Å². The lowest BCUT2D eigenvalue weighted by Crippen LogP contribution is -2.14. The zero-order valence-corrected chi connectivity index (χ0v) is 9.38. The van der Waals surface area contributed by atoms with Crippen LogP contribution in [0, 0.1) is 12.7 Å². The molecule has 1 atom stereocenters. The molecule has 0 amide bonds. The Hall–Kier alpha value is -0.940. The number of hydrogen-bond acceptors (Lipinski definition) is 3. The quantitative estimate of drug-likeness (QED) is 0.852. The van der Waals surface area contributed by atoms with E-state index in [9.17, 15) is 17.9 Å². The van der Waals surface area contributed by atoms with E-state index in [1.807, 2.05) is 0 Å². The number of benzene rings is 1. The van der Waals surface area contributed by atoms with Crippen LogP contribution in [0.1, 0.15) is 17.2 Å². The second-order valence-corrected chi connectivity index (χ2v) is 5.82. The van der Waals surface area contributed by atoms with E-state index in [0.29, 0.717) is 0 Å².